The number of furan rings is 1. The Labute approximate surface area is 118 Å². The first kappa shape index (κ1) is 12.6. The zero-order chi connectivity index (χ0) is 13.6. The van der Waals surface area contributed by atoms with Crippen LogP contribution in [0.1, 0.15) is 11.3 Å². The van der Waals surface area contributed by atoms with Gasteiger partial charge in [0, 0.05) is 0 Å². The fourth-order valence-corrected chi connectivity index (χ4v) is 6.28. The third-order valence-electron chi connectivity index (χ3n) is 3.60. The highest BCUT2D eigenvalue weighted by Crippen LogP contribution is 2.22. The number of aryl methyl sites for hydroxylation is 2. The molecule has 19 heavy (non-hydrogen) atoms. The molecule has 0 amide bonds. The summed E-state index contributed by atoms with van der Waals surface area (Å²) in [5.41, 5.74) is 2.44. The van der Waals surface area contributed by atoms with Gasteiger partial charge in [0.05, 0.1) is 21.1 Å². The molecule has 1 aromatic carbocycles. The normalized spacial score (nSPS) is 12.2. The molecule has 0 atom stereocenters. The molecule has 3 aromatic rings. The standard InChI is InChI=1S/C15H17NOSSi/c1-10-6-5-7-13-14(10)18-15(16-13)19(3,4)12-8-11(2)17-9-12/h5-9H,1-4H3. The number of aromatic nitrogens is 1. The largest absolute Gasteiger partial charge is 0.470 e. The Morgan fingerprint density at radius 1 is 1.21 bits per heavy atom. The summed E-state index contributed by atoms with van der Waals surface area (Å²) in [4.78, 5) is 4.87. The fourth-order valence-electron chi connectivity index (χ4n) is 2.25. The highest BCUT2D eigenvalue weighted by atomic mass is 32.1. The molecule has 0 spiro atoms. The number of rotatable bonds is 2. The Kier molecular flexibility index (Phi) is 2.87. The van der Waals surface area contributed by atoms with E-state index >= 15 is 0 Å². The first-order valence-corrected chi connectivity index (χ1v) is 10.2. The average molecular weight is 287 g/mol. The van der Waals surface area contributed by atoms with Gasteiger partial charge in [0.15, 0.2) is 8.07 Å². The molecule has 0 aliphatic carbocycles. The molecule has 0 unspecified atom stereocenters. The van der Waals surface area contributed by atoms with Gasteiger partial charge in [-0.25, -0.2) is 4.98 Å². The van der Waals surface area contributed by atoms with Crippen molar-refractivity contribution in [3.05, 3.63) is 41.9 Å². The van der Waals surface area contributed by atoms with Crippen molar-refractivity contribution in [3.8, 4) is 0 Å². The Bertz CT molecular complexity index is 742. The molecule has 0 N–H and O–H groups in total. The summed E-state index contributed by atoms with van der Waals surface area (Å²) in [6.07, 6.45) is 1.90. The second-order valence-electron chi connectivity index (χ2n) is 5.51. The minimum Gasteiger partial charge on any atom is -0.470 e. The van der Waals surface area contributed by atoms with Gasteiger partial charge >= 0.3 is 0 Å². The molecule has 0 saturated carbocycles. The molecule has 0 radical (unpaired) electrons. The number of nitrogens with zero attached hydrogens (tertiary/aromatic N) is 1. The predicted octanol–water partition coefficient (Wildman–Crippen LogP) is 3.33. The van der Waals surface area contributed by atoms with Gasteiger partial charge in [-0.15, -0.1) is 11.3 Å². The van der Waals surface area contributed by atoms with Crippen LogP contribution in [0.2, 0.25) is 13.1 Å². The van der Waals surface area contributed by atoms with Crippen LogP contribution < -0.4 is 9.82 Å². The van der Waals surface area contributed by atoms with E-state index in [9.17, 15) is 0 Å². The summed E-state index contributed by atoms with van der Waals surface area (Å²) in [6.45, 7) is 8.83. The van der Waals surface area contributed by atoms with Gasteiger partial charge in [0.25, 0.3) is 0 Å². The Morgan fingerprint density at radius 3 is 2.63 bits per heavy atom. The monoisotopic (exact) mass is 287 g/mol. The van der Waals surface area contributed by atoms with E-state index in [1.165, 1.54) is 20.1 Å². The van der Waals surface area contributed by atoms with Crippen LogP contribution in [0.15, 0.2) is 34.9 Å². The van der Waals surface area contributed by atoms with Crippen molar-refractivity contribution < 1.29 is 4.42 Å². The summed E-state index contributed by atoms with van der Waals surface area (Å²) in [5.74, 6) is 0.980. The van der Waals surface area contributed by atoms with Crippen LogP contribution in [-0.2, 0) is 0 Å². The summed E-state index contributed by atoms with van der Waals surface area (Å²) < 4.78 is 8.08. The van der Waals surface area contributed by atoms with E-state index in [1.54, 1.807) is 0 Å². The lowest BCUT2D eigenvalue weighted by Gasteiger charge is -2.16. The van der Waals surface area contributed by atoms with Gasteiger partial charge < -0.3 is 4.42 Å². The van der Waals surface area contributed by atoms with Crippen molar-refractivity contribution in [3.63, 3.8) is 0 Å². The number of benzene rings is 1. The quantitative estimate of drug-likeness (QED) is 0.676. The third-order valence-corrected chi connectivity index (χ3v) is 9.34. The Hall–Kier alpha value is -1.39. The molecule has 0 aliphatic rings. The van der Waals surface area contributed by atoms with E-state index in [0.717, 1.165) is 11.3 Å². The lowest BCUT2D eigenvalue weighted by molar-refractivity contribution is 0.535. The molecule has 3 rings (SSSR count). The van der Waals surface area contributed by atoms with Crippen LogP contribution in [0.4, 0.5) is 0 Å². The maximum atomic E-state index is 5.48. The SMILES string of the molecule is Cc1cc([Si](C)(C)c2nc3cccc(C)c3s2)co1. The van der Waals surface area contributed by atoms with Crippen LogP contribution in [0.3, 0.4) is 0 Å². The lowest BCUT2D eigenvalue weighted by Crippen LogP contribution is -2.52. The van der Waals surface area contributed by atoms with Crippen molar-refractivity contribution in [2.45, 2.75) is 26.9 Å². The van der Waals surface area contributed by atoms with Crippen molar-refractivity contribution in [2.24, 2.45) is 0 Å². The van der Waals surface area contributed by atoms with E-state index in [2.05, 4.69) is 44.3 Å². The number of thiazole rings is 1. The molecule has 4 heteroatoms. The van der Waals surface area contributed by atoms with Gasteiger partial charge in [-0.3, -0.25) is 0 Å². The van der Waals surface area contributed by atoms with Gasteiger partial charge in [-0.1, -0.05) is 25.2 Å². The van der Waals surface area contributed by atoms with Gasteiger partial charge in [-0.2, -0.15) is 0 Å². The van der Waals surface area contributed by atoms with E-state index in [-0.39, 0.29) is 0 Å². The summed E-state index contributed by atoms with van der Waals surface area (Å²) >= 11 is 1.84. The molecule has 0 aliphatic heterocycles. The van der Waals surface area contributed by atoms with Gasteiger partial charge in [0.2, 0.25) is 0 Å². The van der Waals surface area contributed by atoms with Gasteiger partial charge in [-0.05, 0) is 36.7 Å². The van der Waals surface area contributed by atoms with Crippen LogP contribution in [-0.4, -0.2) is 13.1 Å². The van der Waals surface area contributed by atoms with Crippen molar-refractivity contribution in [1.29, 1.82) is 0 Å². The fraction of sp³-hybridized carbons (Fsp3) is 0.267. The maximum Gasteiger partial charge on any atom is 0.152 e. The molecule has 2 aromatic heterocycles. The molecule has 0 fully saturated rings. The number of fused-ring (bicyclic) bond motifs is 1. The first-order valence-electron chi connectivity index (χ1n) is 6.41. The number of hydrogen-bond acceptors (Lipinski definition) is 3. The second-order valence-corrected chi connectivity index (χ2v) is 11.2. The predicted molar refractivity (Wildman–Crippen MR) is 84.6 cm³/mol. The Balaban J connectivity index is 2.15. The zero-order valence-corrected chi connectivity index (χ0v) is 13.5. The summed E-state index contributed by atoms with van der Waals surface area (Å²) in [7, 11) is -1.73. The highest BCUT2D eigenvalue weighted by molar-refractivity contribution is 7.32. The van der Waals surface area contributed by atoms with Crippen LogP contribution in [0.5, 0.6) is 0 Å². The van der Waals surface area contributed by atoms with Gasteiger partial charge in [0.1, 0.15) is 5.76 Å². The lowest BCUT2D eigenvalue weighted by atomic mass is 10.2. The average Bonchev–Trinajstić information content (AvgIpc) is 2.96. The van der Waals surface area contributed by atoms with E-state index in [1.807, 2.05) is 24.5 Å². The van der Waals surface area contributed by atoms with Crippen molar-refractivity contribution in [2.75, 3.05) is 0 Å². The highest BCUT2D eigenvalue weighted by Gasteiger charge is 2.31. The molecule has 0 saturated heterocycles. The molecule has 98 valence electrons. The van der Waals surface area contributed by atoms with Crippen LogP contribution >= 0.6 is 11.3 Å². The molecule has 0 bridgehead atoms. The van der Waals surface area contributed by atoms with E-state index in [4.69, 9.17) is 9.40 Å². The third kappa shape index (κ3) is 2.05. The zero-order valence-electron chi connectivity index (χ0n) is 11.7. The minimum atomic E-state index is -1.73. The van der Waals surface area contributed by atoms with E-state index < -0.39 is 8.07 Å². The Morgan fingerprint density at radius 2 is 2.00 bits per heavy atom. The second kappa shape index (κ2) is 4.32. The first-order chi connectivity index (χ1) is 8.98. The summed E-state index contributed by atoms with van der Waals surface area (Å²) in [5, 5.41) is 1.32. The molecule has 2 nitrogen and oxygen atoms in total. The summed E-state index contributed by atoms with van der Waals surface area (Å²) in [6, 6.07) is 8.50. The molecule has 2 heterocycles. The number of hydrogen-bond donors (Lipinski definition) is 0. The van der Waals surface area contributed by atoms with Crippen molar-refractivity contribution >= 4 is 39.4 Å². The van der Waals surface area contributed by atoms with Crippen molar-refractivity contribution in [1.82, 2.24) is 4.98 Å². The minimum absolute atomic E-state index is 0.980. The van der Waals surface area contributed by atoms with Crippen LogP contribution in [0, 0.1) is 13.8 Å². The topological polar surface area (TPSA) is 26.0 Å². The molecular weight excluding hydrogens is 270 g/mol. The van der Waals surface area contributed by atoms with Crippen LogP contribution in [0.25, 0.3) is 10.2 Å². The van der Waals surface area contributed by atoms with E-state index in [0.29, 0.717) is 0 Å². The smallest absolute Gasteiger partial charge is 0.152 e. The molecular formula is C15H17NOSSi. The maximum absolute atomic E-state index is 5.48.